The van der Waals surface area contributed by atoms with Crippen LogP contribution in [0, 0.1) is 0 Å². The Morgan fingerprint density at radius 3 is 2.58 bits per heavy atom. The average molecular weight is 342 g/mol. The molecule has 1 atom stereocenters. The zero-order valence-electron chi connectivity index (χ0n) is 13.3. The van der Waals surface area contributed by atoms with Crippen molar-refractivity contribution in [2.45, 2.75) is 44.1 Å². The molecule has 2 saturated heterocycles. The lowest BCUT2D eigenvalue weighted by atomic mass is 10.1. The minimum absolute atomic E-state index is 0.000471. The summed E-state index contributed by atoms with van der Waals surface area (Å²) in [5.41, 5.74) is -0.524. The molecule has 2 aliphatic rings. The number of ether oxygens (including phenoxy) is 1. The average Bonchev–Trinajstić information content (AvgIpc) is 2.87. The SMILES string of the molecule is O=C1CC(NC2CCOCC2)CN1Cc1ccccc1C(F)(F)F. The van der Waals surface area contributed by atoms with E-state index in [1.807, 2.05) is 0 Å². The quantitative estimate of drug-likeness (QED) is 0.914. The van der Waals surface area contributed by atoms with Crippen molar-refractivity contribution in [2.24, 2.45) is 0 Å². The molecule has 7 heteroatoms. The van der Waals surface area contributed by atoms with E-state index in [1.165, 1.54) is 17.0 Å². The van der Waals surface area contributed by atoms with E-state index in [0.717, 1.165) is 18.9 Å². The highest BCUT2D eigenvalue weighted by atomic mass is 19.4. The number of nitrogens with zero attached hydrogens (tertiary/aromatic N) is 1. The number of halogens is 3. The van der Waals surface area contributed by atoms with Gasteiger partial charge in [0, 0.05) is 44.8 Å². The highest BCUT2D eigenvalue weighted by Crippen LogP contribution is 2.33. The van der Waals surface area contributed by atoms with Gasteiger partial charge in [-0.15, -0.1) is 0 Å². The van der Waals surface area contributed by atoms with Crippen LogP contribution in [0.3, 0.4) is 0 Å². The van der Waals surface area contributed by atoms with E-state index in [4.69, 9.17) is 4.74 Å². The van der Waals surface area contributed by atoms with E-state index >= 15 is 0 Å². The molecule has 1 aromatic rings. The Morgan fingerprint density at radius 1 is 1.17 bits per heavy atom. The second kappa shape index (κ2) is 7.11. The normalized spacial score (nSPS) is 23.0. The van der Waals surface area contributed by atoms with E-state index in [1.54, 1.807) is 6.07 Å². The lowest BCUT2D eigenvalue weighted by Gasteiger charge is -2.26. The molecule has 0 aliphatic carbocycles. The number of alkyl halides is 3. The number of hydrogen-bond acceptors (Lipinski definition) is 3. The monoisotopic (exact) mass is 342 g/mol. The lowest BCUT2D eigenvalue weighted by Crippen LogP contribution is -2.42. The fraction of sp³-hybridized carbons (Fsp3) is 0.588. The van der Waals surface area contributed by atoms with Gasteiger partial charge in [-0.1, -0.05) is 18.2 Å². The van der Waals surface area contributed by atoms with Crippen LogP contribution in [0.4, 0.5) is 13.2 Å². The topological polar surface area (TPSA) is 41.6 Å². The summed E-state index contributed by atoms with van der Waals surface area (Å²) < 4.78 is 44.5. The van der Waals surface area contributed by atoms with Crippen LogP contribution >= 0.6 is 0 Å². The van der Waals surface area contributed by atoms with Crippen molar-refractivity contribution in [1.82, 2.24) is 10.2 Å². The minimum atomic E-state index is -4.40. The molecule has 24 heavy (non-hydrogen) atoms. The van der Waals surface area contributed by atoms with Gasteiger partial charge < -0.3 is 15.0 Å². The molecule has 3 rings (SSSR count). The number of likely N-dealkylation sites (tertiary alicyclic amines) is 1. The van der Waals surface area contributed by atoms with Gasteiger partial charge in [-0.2, -0.15) is 13.2 Å². The fourth-order valence-corrected chi connectivity index (χ4v) is 3.37. The maximum absolute atomic E-state index is 13.1. The van der Waals surface area contributed by atoms with Crippen molar-refractivity contribution in [3.05, 3.63) is 35.4 Å². The number of carbonyl (C=O) groups is 1. The highest BCUT2D eigenvalue weighted by Gasteiger charge is 2.36. The van der Waals surface area contributed by atoms with Gasteiger partial charge in [0.1, 0.15) is 0 Å². The molecule has 0 bridgehead atoms. The Hall–Kier alpha value is -1.60. The predicted octanol–water partition coefficient (Wildman–Crippen LogP) is 2.57. The summed E-state index contributed by atoms with van der Waals surface area (Å²) in [6.45, 7) is 1.87. The maximum atomic E-state index is 13.1. The van der Waals surface area contributed by atoms with Crippen molar-refractivity contribution in [2.75, 3.05) is 19.8 Å². The summed E-state index contributed by atoms with van der Waals surface area (Å²) in [6, 6.07) is 5.76. The third kappa shape index (κ3) is 4.08. The molecular weight excluding hydrogens is 321 g/mol. The van der Waals surface area contributed by atoms with Gasteiger partial charge >= 0.3 is 6.18 Å². The van der Waals surface area contributed by atoms with Crippen LogP contribution in [0.25, 0.3) is 0 Å². The van der Waals surface area contributed by atoms with Crippen LogP contribution in [0.1, 0.15) is 30.4 Å². The standard InChI is InChI=1S/C17H21F3N2O2/c18-17(19,20)15-4-2-1-3-12(15)10-22-11-14(9-16(22)23)21-13-5-7-24-8-6-13/h1-4,13-14,21H,5-11H2. The van der Waals surface area contributed by atoms with Gasteiger partial charge in [0.15, 0.2) is 0 Å². The lowest BCUT2D eigenvalue weighted by molar-refractivity contribution is -0.139. The third-order valence-corrected chi connectivity index (χ3v) is 4.59. The molecule has 4 nitrogen and oxygen atoms in total. The number of rotatable bonds is 4. The van der Waals surface area contributed by atoms with E-state index in [2.05, 4.69) is 5.32 Å². The number of hydrogen-bond donors (Lipinski definition) is 1. The molecule has 1 N–H and O–H groups in total. The number of amides is 1. The predicted molar refractivity (Wildman–Crippen MR) is 82.2 cm³/mol. The van der Waals surface area contributed by atoms with Crippen LogP contribution in [0.5, 0.6) is 0 Å². The van der Waals surface area contributed by atoms with Crippen LogP contribution in [0.15, 0.2) is 24.3 Å². The number of benzene rings is 1. The van der Waals surface area contributed by atoms with Crippen molar-refractivity contribution in [3.8, 4) is 0 Å². The molecule has 2 fully saturated rings. The van der Waals surface area contributed by atoms with Gasteiger partial charge in [-0.05, 0) is 24.5 Å². The van der Waals surface area contributed by atoms with Crippen LogP contribution in [0.2, 0.25) is 0 Å². The molecule has 0 saturated carbocycles. The van der Waals surface area contributed by atoms with Gasteiger partial charge in [0.25, 0.3) is 0 Å². The van der Waals surface area contributed by atoms with E-state index in [0.29, 0.717) is 32.2 Å². The Morgan fingerprint density at radius 2 is 1.88 bits per heavy atom. The minimum Gasteiger partial charge on any atom is -0.381 e. The number of carbonyl (C=O) groups excluding carboxylic acids is 1. The molecule has 0 aromatic heterocycles. The summed E-state index contributed by atoms with van der Waals surface area (Å²) in [4.78, 5) is 13.7. The van der Waals surface area contributed by atoms with E-state index in [9.17, 15) is 18.0 Å². The first kappa shape index (κ1) is 17.2. The van der Waals surface area contributed by atoms with Crippen molar-refractivity contribution < 1.29 is 22.7 Å². The van der Waals surface area contributed by atoms with Crippen LogP contribution in [-0.4, -0.2) is 42.6 Å². The Balaban J connectivity index is 1.63. The second-order valence-electron chi connectivity index (χ2n) is 6.38. The largest absolute Gasteiger partial charge is 0.416 e. The molecule has 0 spiro atoms. The highest BCUT2D eigenvalue weighted by molar-refractivity contribution is 5.79. The zero-order chi connectivity index (χ0) is 17.2. The molecular formula is C17H21F3N2O2. The summed E-state index contributed by atoms with van der Waals surface area (Å²) >= 11 is 0. The molecule has 1 unspecified atom stereocenters. The van der Waals surface area contributed by atoms with Crippen molar-refractivity contribution >= 4 is 5.91 Å². The van der Waals surface area contributed by atoms with Crippen LogP contribution in [-0.2, 0) is 22.3 Å². The first-order valence-electron chi connectivity index (χ1n) is 8.20. The molecule has 1 amide bonds. The Kier molecular flexibility index (Phi) is 5.10. The first-order valence-corrected chi connectivity index (χ1v) is 8.20. The van der Waals surface area contributed by atoms with Crippen LogP contribution < -0.4 is 5.32 Å². The fourth-order valence-electron chi connectivity index (χ4n) is 3.37. The van der Waals surface area contributed by atoms with E-state index in [-0.39, 0.29) is 24.1 Å². The summed E-state index contributed by atoms with van der Waals surface area (Å²) in [6.07, 6.45) is -2.26. The third-order valence-electron chi connectivity index (χ3n) is 4.59. The maximum Gasteiger partial charge on any atom is 0.416 e. The molecule has 0 radical (unpaired) electrons. The smallest absolute Gasteiger partial charge is 0.381 e. The van der Waals surface area contributed by atoms with Gasteiger partial charge in [-0.3, -0.25) is 4.79 Å². The molecule has 2 aliphatic heterocycles. The summed E-state index contributed by atoms with van der Waals surface area (Å²) in [7, 11) is 0. The first-order chi connectivity index (χ1) is 11.4. The Bertz CT molecular complexity index is 585. The van der Waals surface area contributed by atoms with Gasteiger partial charge in [0.05, 0.1) is 5.56 Å². The van der Waals surface area contributed by atoms with Gasteiger partial charge in [-0.25, -0.2) is 0 Å². The van der Waals surface area contributed by atoms with Crippen molar-refractivity contribution in [1.29, 1.82) is 0 Å². The number of nitrogens with one attached hydrogen (secondary N) is 1. The Labute approximate surface area is 139 Å². The van der Waals surface area contributed by atoms with Gasteiger partial charge in [0.2, 0.25) is 5.91 Å². The van der Waals surface area contributed by atoms with Crippen molar-refractivity contribution in [3.63, 3.8) is 0 Å². The summed E-state index contributed by atoms with van der Waals surface area (Å²) in [5, 5.41) is 3.44. The molecule has 2 heterocycles. The van der Waals surface area contributed by atoms with E-state index < -0.39 is 11.7 Å². The zero-order valence-corrected chi connectivity index (χ0v) is 13.3. The molecule has 132 valence electrons. The molecule has 1 aromatic carbocycles. The second-order valence-corrected chi connectivity index (χ2v) is 6.38. The summed E-state index contributed by atoms with van der Waals surface area (Å²) in [5.74, 6) is -0.100.